The molecule has 0 saturated heterocycles. The van der Waals surface area contributed by atoms with Crippen LogP contribution in [0.1, 0.15) is 11.1 Å². The molecule has 0 aliphatic rings. The maximum absolute atomic E-state index is 12.4. The first-order valence-electron chi connectivity index (χ1n) is 3.79. The summed E-state index contributed by atoms with van der Waals surface area (Å²) in [5.74, 6) is 0. The first-order chi connectivity index (χ1) is 6.95. The van der Waals surface area contributed by atoms with Crippen LogP contribution in [0.5, 0.6) is 0 Å². The molecule has 0 unspecified atom stereocenters. The molecule has 1 aromatic rings. The first kappa shape index (κ1) is 11.7. The van der Waals surface area contributed by atoms with Gasteiger partial charge in [0.05, 0.1) is 5.56 Å². The number of rotatable bonds is 2. The molecule has 2 nitrogen and oxygen atoms in total. The van der Waals surface area contributed by atoms with Crippen molar-refractivity contribution in [2.45, 2.75) is 6.18 Å². The highest BCUT2D eigenvalue weighted by Crippen LogP contribution is 2.32. The van der Waals surface area contributed by atoms with Crippen LogP contribution in [0.2, 0.25) is 5.15 Å². The van der Waals surface area contributed by atoms with Crippen molar-refractivity contribution < 1.29 is 18.0 Å². The number of alkyl halides is 3. The lowest BCUT2D eigenvalue weighted by Crippen LogP contribution is -2.08. The Labute approximate surface area is 88.4 Å². The molecule has 15 heavy (non-hydrogen) atoms. The van der Waals surface area contributed by atoms with Gasteiger partial charge in [0.25, 0.3) is 0 Å². The molecule has 1 heterocycles. The standard InChI is InChI=1S/C9H5ClF3NO/c10-8-4-6(2-1-3-15)7(5-14-8)9(11,12)13/h1-5H. The van der Waals surface area contributed by atoms with Crippen LogP contribution in [0.25, 0.3) is 6.08 Å². The zero-order chi connectivity index (χ0) is 11.5. The summed E-state index contributed by atoms with van der Waals surface area (Å²) < 4.78 is 37.2. The van der Waals surface area contributed by atoms with E-state index in [0.29, 0.717) is 12.5 Å². The molecule has 0 amide bonds. The van der Waals surface area contributed by atoms with Crippen LogP contribution in [-0.4, -0.2) is 11.3 Å². The topological polar surface area (TPSA) is 30.0 Å². The van der Waals surface area contributed by atoms with Crippen molar-refractivity contribution in [1.29, 1.82) is 0 Å². The minimum absolute atomic E-state index is 0.0615. The second-order valence-electron chi connectivity index (χ2n) is 2.59. The molecule has 80 valence electrons. The predicted molar refractivity (Wildman–Crippen MR) is 49.3 cm³/mol. The van der Waals surface area contributed by atoms with E-state index in [2.05, 4.69) is 4.98 Å². The third-order valence-electron chi connectivity index (χ3n) is 1.56. The number of halogens is 4. The molecule has 1 rings (SSSR count). The van der Waals surface area contributed by atoms with E-state index < -0.39 is 11.7 Å². The van der Waals surface area contributed by atoms with Gasteiger partial charge in [-0.3, -0.25) is 4.79 Å². The highest BCUT2D eigenvalue weighted by molar-refractivity contribution is 6.29. The van der Waals surface area contributed by atoms with Crippen molar-refractivity contribution in [2.24, 2.45) is 0 Å². The summed E-state index contributed by atoms with van der Waals surface area (Å²) in [5.41, 5.74) is -1.11. The zero-order valence-corrected chi connectivity index (χ0v) is 8.01. The van der Waals surface area contributed by atoms with Gasteiger partial charge in [-0.1, -0.05) is 17.7 Å². The molecule has 0 saturated carbocycles. The summed E-state index contributed by atoms with van der Waals surface area (Å²) >= 11 is 5.45. The van der Waals surface area contributed by atoms with E-state index in [9.17, 15) is 18.0 Å². The molecule has 0 aromatic carbocycles. The zero-order valence-electron chi connectivity index (χ0n) is 7.25. The fourth-order valence-corrected chi connectivity index (χ4v) is 1.13. The van der Waals surface area contributed by atoms with Crippen LogP contribution < -0.4 is 0 Å². The number of allylic oxidation sites excluding steroid dienone is 1. The monoisotopic (exact) mass is 235 g/mol. The number of carbonyl (C=O) groups is 1. The van der Waals surface area contributed by atoms with Gasteiger partial charge in [0.1, 0.15) is 11.4 Å². The highest BCUT2D eigenvalue weighted by Gasteiger charge is 2.33. The Morgan fingerprint density at radius 3 is 2.60 bits per heavy atom. The van der Waals surface area contributed by atoms with Gasteiger partial charge in [-0.05, 0) is 17.7 Å². The van der Waals surface area contributed by atoms with E-state index in [1.807, 2.05) is 0 Å². The molecule has 0 aliphatic heterocycles. The highest BCUT2D eigenvalue weighted by atomic mass is 35.5. The van der Waals surface area contributed by atoms with Gasteiger partial charge in [0.2, 0.25) is 0 Å². The molecular weight excluding hydrogens is 231 g/mol. The molecule has 6 heteroatoms. The van der Waals surface area contributed by atoms with E-state index in [-0.39, 0.29) is 10.7 Å². The summed E-state index contributed by atoms with van der Waals surface area (Å²) in [6, 6.07) is 1.05. The van der Waals surface area contributed by atoms with Crippen molar-refractivity contribution >= 4 is 24.0 Å². The molecule has 0 atom stereocenters. The Kier molecular flexibility index (Phi) is 3.47. The lowest BCUT2D eigenvalue weighted by Gasteiger charge is -2.09. The molecule has 0 N–H and O–H groups in total. The van der Waals surface area contributed by atoms with Crippen LogP contribution in [0.3, 0.4) is 0 Å². The van der Waals surface area contributed by atoms with Crippen LogP contribution in [0.4, 0.5) is 13.2 Å². The lowest BCUT2D eigenvalue weighted by atomic mass is 10.1. The van der Waals surface area contributed by atoms with Crippen molar-refractivity contribution in [3.63, 3.8) is 0 Å². The number of pyridine rings is 1. The lowest BCUT2D eigenvalue weighted by molar-refractivity contribution is -0.138. The third kappa shape index (κ3) is 3.06. The second-order valence-corrected chi connectivity index (χ2v) is 2.97. The summed E-state index contributed by atoms with van der Waals surface area (Å²) in [6.45, 7) is 0. The maximum atomic E-state index is 12.4. The number of aldehydes is 1. The van der Waals surface area contributed by atoms with E-state index in [1.54, 1.807) is 0 Å². The van der Waals surface area contributed by atoms with Crippen molar-refractivity contribution in [2.75, 3.05) is 0 Å². The maximum Gasteiger partial charge on any atom is 0.418 e. The molecule has 0 fully saturated rings. The molecule has 0 radical (unpaired) electrons. The largest absolute Gasteiger partial charge is 0.418 e. The van der Waals surface area contributed by atoms with Crippen molar-refractivity contribution in [3.05, 3.63) is 34.6 Å². The normalized spacial score (nSPS) is 12.0. The SMILES string of the molecule is O=CC=Cc1cc(Cl)ncc1C(F)(F)F. The van der Waals surface area contributed by atoms with Gasteiger partial charge in [0.15, 0.2) is 0 Å². The number of nitrogens with zero attached hydrogens (tertiary/aromatic N) is 1. The van der Waals surface area contributed by atoms with Crippen molar-refractivity contribution in [1.82, 2.24) is 4.98 Å². The van der Waals surface area contributed by atoms with Gasteiger partial charge in [-0.15, -0.1) is 0 Å². The predicted octanol–water partition coefficient (Wildman–Crippen LogP) is 2.97. The van der Waals surface area contributed by atoms with E-state index >= 15 is 0 Å². The average molecular weight is 236 g/mol. The fraction of sp³-hybridized carbons (Fsp3) is 0.111. The van der Waals surface area contributed by atoms with E-state index in [1.165, 1.54) is 0 Å². The van der Waals surface area contributed by atoms with E-state index in [4.69, 9.17) is 11.6 Å². The Morgan fingerprint density at radius 1 is 1.40 bits per heavy atom. The summed E-state index contributed by atoms with van der Waals surface area (Å²) in [7, 11) is 0. The van der Waals surface area contributed by atoms with Crippen LogP contribution in [0, 0.1) is 0 Å². The first-order valence-corrected chi connectivity index (χ1v) is 4.17. The smallest absolute Gasteiger partial charge is 0.299 e. The number of hydrogen-bond donors (Lipinski definition) is 0. The Hall–Kier alpha value is -1.36. The summed E-state index contributed by atoms with van der Waals surface area (Å²) in [4.78, 5) is 13.3. The molecule has 1 aromatic heterocycles. The number of hydrogen-bond acceptors (Lipinski definition) is 2. The summed E-state index contributed by atoms with van der Waals surface area (Å²) in [6.07, 6.45) is -1.51. The number of carbonyl (C=O) groups excluding carboxylic acids is 1. The van der Waals surface area contributed by atoms with Gasteiger partial charge < -0.3 is 0 Å². The quantitative estimate of drug-likeness (QED) is 0.448. The second kappa shape index (κ2) is 4.44. The average Bonchev–Trinajstić information content (AvgIpc) is 2.12. The van der Waals surface area contributed by atoms with Crippen LogP contribution >= 0.6 is 11.6 Å². The fourth-order valence-electron chi connectivity index (χ4n) is 0.962. The van der Waals surface area contributed by atoms with Gasteiger partial charge in [-0.2, -0.15) is 13.2 Å². The van der Waals surface area contributed by atoms with Crippen LogP contribution in [-0.2, 0) is 11.0 Å². The van der Waals surface area contributed by atoms with Crippen LogP contribution in [0.15, 0.2) is 18.3 Å². The summed E-state index contributed by atoms with van der Waals surface area (Å²) in [5, 5.41) is -0.0615. The van der Waals surface area contributed by atoms with Gasteiger partial charge in [0, 0.05) is 6.20 Å². The third-order valence-corrected chi connectivity index (χ3v) is 1.77. The molecule has 0 aliphatic carbocycles. The Bertz CT molecular complexity index is 401. The number of aromatic nitrogens is 1. The minimum atomic E-state index is -4.51. The molecular formula is C9H5ClF3NO. The van der Waals surface area contributed by atoms with E-state index in [0.717, 1.165) is 18.2 Å². The van der Waals surface area contributed by atoms with Crippen molar-refractivity contribution in [3.8, 4) is 0 Å². The van der Waals surface area contributed by atoms with Gasteiger partial charge in [-0.25, -0.2) is 4.98 Å². The Balaban J connectivity index is 3.26. The molecule has 0 spiro atoms. The van der Waals surface area contributed by atoms with Gasteiger partial charge >= 0.3 is 6.18 Å². The minimum Gasteiger partial charge on any atom is -0.299 e. The molecule has 0 bridgehead atoms. The Morgan fingerprint density at radius 2 is 2.07 bits per heavy atom.